The van der Waals surface area contributed by atoms with Gasteiger partial charge in [-0.15, -0.1) is 0 Å². The zero-order chi connectivity index (χ0) is 4.78. The fourth-order valence-electron chi connectivity index (χ4n) is 0.489. The molecule has 0 aromatic rings. The van der Waals surface area contributed by atoms with Gasteiger partial charge in [-0.25, -0.2) is 0 Å². The van der Waals surface area contributed by atoms with Gasteiger partial charge in [0, 0.05) is 0 Å². The normalized spacial score (nSPS) is 27.3. The first-order valence-electron chi connectivity index (χ1n) is 2.31. The molecular weight excluding hydrogens is 72.1 g/mol. The summed E-state index contributed by atoms with van der Waals surface area (Å²) in [5, 5.41) is 0. The highest BCUT2D eigenvalue weighted by Gasteiger charge is 2.36. The van der Waals surface area contributed by atoms with Crippen molar-refractivity contribution in [3.8, 4) is 0 Å². The number of rotatable bonds is 0. The van der Waals surface area contributed by atoms with Crippen LogP contribution in [0.5, 0.6) is 0 Å². The Balaban J connectivity index is 2.63. The molecule has 0 unspecified atom stereocenters. The molecule has 34 valence electrons. The van der Waals surface area contributed by atoms with Gasteiger partial charge in [-0.3, -0.25) is 0 Å². The van der Waals surface area contributed by atoms with E-state index in [1.807, 2.05) is 0 Å². The molecule has 0 heterocycles. The van der Waals surface area contributed by atoms with E-state index in [4.69, 9.17) is 0 Å². The van der Waals surface area contributed by atoms with Crippen molar-refractivity contribution in [3.63, 3.8) is 0 Å². The van der Waals surface area contributed by atoms with Gasteiger partial charge in [0.1, 0.15) is 0 Å². The summed E-state index contributed by atoms with van der Waals surface area (Å²) in [6.45, 7) is 8.25. The van der Waals surface area contributed by atoms with Crippen molar-refractivity contribution in [2.24, 2.45) is 5.41 Å². The summed E-state index contributed by atoms with van der Waals surface area (Å²) in [4.78, 5) is 0. The molecule has 0 radical (unpaired) electrons. The van der Waals surface area contributed by atoms with Crippen LogP contribution in [0, 0.1) is 5.41 Å². The van der Waals surface area contributed by atoms with Crippen LogP contribution in [0.25, 0.3) is 0 Å². The first kappa shape index (κ1) is 3.91. The lowest BCUT2D eigenvalue weighted by Crippen LogP contribution is -1.77. The van der Waals surface area contributed by atoms with E-state index >= 15 is 0 Å². The second-order valence-electron chi connectivity index (χ2n) is 2.66. The minimum absolute atomic E-state index is 0.514. The van der Waals surface area contributed by atoms with Crippen LogP contribution >= 0.6 is 0 Å². The van der Waals surface area contributed by atoms with E-state index in [9.17, 15) is 0 Å². The maximum atomic E-state index is 3.82. The molecule has 1 rings (SSSR count). The Labute approximate surface area is 38.9 Å². The Morgan fingerprint density at radius 3 is 1.83 bits per heavy atom. The smallest absolute Gasteiger partial charge is 0.0110 e. The molecule has 0 spiro atoms. The van der Waals surface area contributed by atoms with Crippen LogP contribution in [0.15, 0.2) is 12.2 Å². The first-order valence-corrected chi connectivity index (χ1v) is 2.31. The number of hydrogen-bond donors (Lipinski definition) is 0. The predicted octanol–water partition coefficient (Wildman–Crippen LogP) is 1.97. The minimum atomic E-state index is 0.514. The maximum absolute atomic E-state index is 3.82. The van der Waals surface area contributed by atoms with E-state index in [0.29, 0.717) is 5.41 Å². The second-order valence-corrected chi connectivity index (χ2v) is 2.66. The van der Waals surface area contributed by atoms with Crippen molar-refractivity contribution >= 4 is 0 Å². The van der Waals surface area contributed by atoms with Crippen molar-refractivity contribution in [3.05, 3.63) is 12.2 Å². The van der Waals surface area contributed by atoms with Crippen LogP contribution in [0.2, 0.25) is 0 Å². The van der Waals surface area contributed by atoms with Gasteiger partial charge < -0.3 is 0 Å². The predicted molar refractivity (Wildman–Crippen MR) is 27.5 cm³/mol. The lowest BCUT2D eigenvalue weighted by atomic mass is 10.2. The Hall–Kier alpha value is -0.260. The van der Waals surface area contributed by atoms with E-state index in [2.05, 4.69) is 20.4 Å². The van der Waals surface area contributed by atoms with E-state index < -0.39 is 0 Å². The number of hydrogen-bond acceptors (Lipinski definition) is 0. The summed E-state index contributed by atoms with van der Waals surface area (Å²) in [7, 11) is 0. The topological polar surface area (TPSA) is 0 Å². The van der Waals surface area contributed by atoms with E-state index in [-0.39, 0.29) is 0 Å². The molecule has 1 saturated carbocycles. The Kier molecular flexibility index (Phi) is 0.456. The summed E-state index contributed by atoms with van der Waals surface area (Å²) in [5.74, 6) is 0. The molecular formula is C6H10. The molecule has 6 heavy (non-hydrogen) atoms. The third-order valence-corrected chi connectivity index (χ3v) is 1.49. The zero-order valence-corrected chi connectivity index (χ0v) is 4.41. The van der Waals surface area contributed by atoms with Crippen molar-refractivity contribution in [2.45, 2.75) is 20.3 Å². The van der Waals surface area contributed by atoms with Crippen LogP contribution in [-0.4, -0.2) is 0 Å². The minimum Gasteiger partial charge on any atom is -0.0993 e. The lowest BCUT2D eigenvalue weighted by molar-refractivity contribution is 0.687. The summed E-state index contributed by atoms with van der Waals surface area (Å²) in [5.41, 5.74) is 1.92. The largest absolute Gasteiger partial charge is 0.0993 e. The van der Waals surface area contributed by atoms with Crippen LogP contribution < -0.4 is 0 Å². The second kappa shape index (κ2) is 0.699. The van der Waals surface area contributed by atoms with Gasteiger partial charge in [0.2, 0.25) is 0 Å². The van der Waals surface area contributed by atoms with Crippen LogP contribution in [0.1, 0.15) is 20.3 Å². The molecule has 0 atom stereocenters. The van der Waals surface area contributed by atoms with Gasteiger partial charge in [0.05, 0.1) is 0 Å². The van der Waals surface area contributed by atoms with Gasteiger partial charge >= 0.3 is 0 Å². The van der Waals surface area contributed by atoms with Crippen molar-refractivity contribution in [1.29, 1.82) is 0 Å². The fourth-order valence-corrected chi connectivity index (χ4v) is 0.489. The molecule has 0 amide bonds. The Morgan fingerprint density at radius 1 is 1.67 bits per heavy atom. The summed E-state index contributed by atoms with van der Waals surface area (Å²) >= 11 is 0. The van der Waals surface area contributed by atoms with Crippen molar-refractivity contribution in [1.82, 2.24) is 0 Å². The molecule has 0 bridgehead atoms. The average Bonchev–Trinajstić information content (AvgIpc) is 1.73. The molecule has 1 aliphatic carbocycles. The standard InChI is InChI=1S/C6H10/c1-5-4-6(5,2)3/h1,4H2,2-3H3. The van der Waals surface area contributed by atoms with Crippen LogP contribution in [0.4, 0.5) is 0 Å². The van der Waals surface area contributed by atoms with Crippen molar-refractivity contribution in [2.75, 3.05) is 0 Å². The average molecular weight is 82.1 g/mol. The highest BCUT2D eigenvalue weighted by atomic mass is 14.4. The summed E-state index contributed by atoms with van der Waals surface area (Å²) in [6, 6.07) is 0. The van der Waals surface area contributed by atoms with Crippen molar-refractivity contribution < 1.29 is 0 Å². The van der Waals surface area contributed by atoms with Gasteiger partial charge in [0.25, 0.3) is 0 Å². The van der Waals surface area contributed by atoms with Gasteiger partial charge in [-0.05, 0) is 11.8 Å². The molecule has 1 aliphatic rings. The van der Waals surface area contributed by atoms with Gasteiger partial charge in [-0.1, -0.05) is 26.0 Å². The summed E-state index contributed by atoms with van der Waals surface area (Å²) < 4.78 is 0. The fraction of sp³-hybridized carbons (Fsp3) is 0.667. The molecule has 0 N–H and O–H groups in total. The molecule has 0 heteroatoms. The van der Waals surface area contributed by atoms with Crippen LogP contribution in [-0.2, 0) is 0 Å². The molecule has 0 aliphatic heterocycles. The SMILES string of the molecule is C=C1CC1(C)C. The van der Waals surface area contributed by atoms with E-state index in [1.165, 1.54) is 12.0 Å². The van der Waals surface area contributed by atoms with Gasteiger partial charge in [0.15, 0.2) is 0 Å². The molecule has 1 fully saturated rings. The molecule has 0 nitrogen and oxygen atoms in total. The zero-order valence-electron chi connectivity index (χ0n) is 4.41. The van der Waals surface area contributed by atoms with E-state index in [1.54, 1.807) is 0 Å². The highest BCUT2D eigenvalue weighted by Crippen LogP contribution is 2.49. The lowest BCUT2D eigenvalue weighted by Gasteiger charge is -1.87. The molecule has 0 saturated heterocycles. The van der Waals surface area contributed by atoms with E-state index in [0.717, 1.165) is 0 Å². The third kappa shape index (κ3) is 0.368. The molecule has 0 aromatic carbocycles. The Bertz CT molecular complexity index is 88.2. The first-order chi connectivity index (χ1) is 2.63. The summed E-state index contributed by atoms with van der Waals surface area (Å²) in [6.07, 6.45) is 1.24. The Morgan fingerprint density at radius 2 is 1.83 bits per heavy atom. The number of allylic oxidation sites excluding steroid dienone is 1. The van der Waals surface area contributed by atoms with Crippen LogP contribution in [0.3, 0.4) is 0 Å². The van der Waals surface area contributed by atoms with Gasteiger partial charge in [-0.2, -0.15) is 0 Å². The monoisotopic (exact) mass is 82.1 g/mol. The maximum Gasteiger partial charge on any atom is -0.0110 e. The third-order valence-electron chi connectivity index (χ3n) is 1.49. The highest BCUT2D eigenvalue weighted by molar-refractivity contribution is 5.25. The molecule has 0 aromatic heterocycles. The quantitative estimate of drug-likeness (QED) is 0.392.